The molecule has 0 N–H and O–H groups in total. The highest BCUT2D eigenvalue weighted by atomic mass is 16.8. The lowest BCUT2D eigenvalue weighted by atomic mass is 9.99. The number of furan rings is 1. The van der Waals surface area contributed by atoms with E-state index in [4.69, 9.17) is 13.9 Å². The zero-order chi connectivity index (χ0) is 12.6. The standard InChI is InChI=1S/C11H10O6/c1-6-3-4-8(15-6)7(2)11(5-12)16-9(13)10(14)17-11/h3-5,7H,1-2H3. The van der Waals surface area contributed by atoms with Gasteiger partial charge in [0.25, 0.3) is 0 Å². The fourth-order valence-corrected chi connectivity index (χ4v) is 1.61. The van der Waals surface area contributed by atoms with Gasteiger partial charge in [0.1, 0.15) is 11.5 Å². The van der Waals surface area contributed by atoms with E-state index in [0.717, 1.165) is 0 Å². The van der Waals surface area contributed by atoms with Crippen LogP contribution >= 0.6 is 0 Å². The first kappa shape index (κ1) is 11.4. The Kier molecular flexibility index (Phi) is 2.49. The van der Waals surface area contributed by atoms with E-state index in [1.54, 1.807) is 26.0 Å². The summed E-state index contributed by atoms with van der Waals surface area (Å²) in [6.07, 6.45) is 0.290. The number of carbonyl (C=O) groups excluding carboxylic acids is 3. The van der Waals surface area contributed by atoms with Crippen LogP contribution in [0.15, 0.2) is 16.5 Å². The number of cyclic esters (lactones) is 2. The van der Waals surface area contributed by atoms with Crippen molar-refractivity contribution in [1.29, 1.82) is 0 Å². The number of carbonyl (C=O) groups is 3. The van der Waals surface area contributed by atoms with Crippen molar-refractivity contribution in [1.82, 2.24) is 0 Å². The summed E-state index contributed by atoms with van der Waals surface area (Å²) >= 11 is 0. The van der Waals surface area contributed by atoms with Gasteiger partial charge in [0.05, 0.1) is 5.92 Å². The molecule has 1 atom stereocenters. The summed E-state index contributed by atoms with van der Waals surface area (Å²) in [7, 11) is 0. The molecule has 1 aromatic heterocycles. The van der Waals surface area contributed by atoms with E-state index in [2.05, 4.69) is 0 Å². The zero-order valence-corrected chi connectivity index (χ0v) is 9.26. The molecule has 17 heavy (non-hydrogen) atoms. The molecule has 0 aromatic carbocycles. The summed E-state index contributed by atoms with van der Waals surface area (Å²) in [6, 6.07) is 3.33. The molecule has 1 aliphatic rings. The van der Waals surface area contributed by atoms with Gasteiger partial charge in [0.2, 0.25) is 6.29 Å². The Labute approximate surface area is 96.5 Å². The maximum atomic E-state index is 11.0. The monoisotopic (exact) mass is 238 g/mol. The third-order valence-electron chi connectivity index (χ3n) is 2.63. The number of hydrogen-bond acceptors (Lipinski definition) is 6. The van der Waals surface area contributed by atoms with E-state index in [1.165, 1.54) is 0 Å². The molecule has 90 valence electrons. The minimum absolute atomic E-state index is 0.290. The molecular formula is C11H10O6. The highest BCUT2D eigenvalue weighted by Gasteiger charge is 2.54. The topological polar surface area (TPSA) is 82.8 Å². The lowest BCUT2D eigenvalue weighted by molar-refractivity contribution is -0.185. The average molecular weight is 238 g/mol. The molecule has 1 unspecified atom stereocenters. The first-order valence-corrected chi connectivity index (χ1v) is 4.97. The molecule has 2 rings (SSSR count). The van der Waals surface area contributed by atoms with Crippen LogP contribution in [0.3, 0.4) is 0 Å². The molecule has 6 nitrogen and oxygen atoms in total. The predicted octanol–water partition coefficient (Wildman–Crippen LogP) is 0.687. The average Bonchev–Trinajstić information content (AvgIpc) is 2.84. The number of rotatable bonds is 3. The minimum Gasteiger partial charge on any atom is -0.466 e. The van der Waals surface area contributed by atoms with Crippen molar-refractivity contribution in [2.75, 3.05) is 0 Å². The highest BCUT2D eigenvalue weighted by Crippen LogP contribution is 2.35. The largest absolute Gasteiger partial charge is 0.466 e. The molecular weight excluding hydrogens is 228 g/mol. The summed E-state index contributed by atoms with van der Waals surface area (Å²) in [5, 5.41) is 0. The third-order valence-corrected chi connectivity index (χ3v) is 2.63. The molecule has 0 amide bonds. The fourth-order valence-electron chi connectivity index (χ4n) is 1.61. The third kappa shape index (κ3) is 1.71. The normalized spacial score (nSPS) is 19.6. The van der Waals surface area contributed by atoms with Crippen LogP contribution in [0.2, 0.25) is 0 Å². The summed E-state index contributed by atoms with van der Waals surface area (Å²) < 4.78 is 14.7. The molecule has 0 bridgehead atoms. The van der Waals surface area contributed by atoms with Crippen LogP contribution in [0.1, 0.15) is 24.4 Å². The molecule has 2 heterocycles. The maximum Gasteiger partial charge on any atom is 0.421 e. The second-order valence-corrected chi connectivity index (χ2v) is 3.79. The van der Waals surface area contributed by atoms with Gasteiger partial charge in [-0.05, 0) is 26.0 Å². The van der Waals surface area contributed by atoms with Gasteiger partial charge in [-0.15, -0.1) is 0 Å². The van der Waals surface area contributed by atoms with Crippen LogP contribution in [0, 0.1) is 6.92 Å². The van der Waals surface area contributed by atoms with Crippen LogP contribution in [0.5, 0.6) is 0 Å². The summed E-state index contributed by atoms with van der Waals surface area (Å²) in [5.41, 5.74) is 0. The van der Waals surface area contributed by atoms with Gasteiger partial charge < -0.3 is 13.9 Å². The van der Waals surface area contributed by atoms with Gasteiger partial charge in [-0.2, -0.15) is 0 Å². The SMILES string of the molecule is Cc1ccc(C(C)C2(C=O)OC(=O)C(=O)O2)o1. The molecule has 0 radical (unpaired) electrons. The zero-order valence-electron chi connectivity index (χ0n) is 9.26. The molecule has 6 heteroatoms. The van der Waals surface area contributed by atoms with Gasteiger partial charge in [0, 0.05) is 0 Å². The van der Waals surface area contributed by atoms with Crippen LogP contribution in [0.4, 0.5) is 0 Å². The van der Waals surface area contributed by atoms with Gasteiger partial charge >= 0.3 is 17.7 Å². The quantitative estimate of drug-likeness (QED) is 0.437. The first-order chi connectivity index (χ1) is 7.98. The Hall–Kier alpha value is -2.11. The molecule has 1 aliphatic heterocycles. The smallest absolute Gasteiger partial charge is 0.421 e. The van der Waals surface area contributed by atoms with Gasteiger partial charge in [-0.1, -0.05) is 0 Å². The molecule has 0 saturated carbocycles. The van der Waals surface area contributed by atoms with Crippen LogP contribution < -0.4 is 0 Å². The van der Waals surface area contributed by atoms with E-state index < -0.39 is 23.6 Å². The number of hydrogen-bond donors (Lipinski definition) is 0. The van der Waals surface area contributed by atoms with Gasteiger partial charge in [-0.3, -0.25) is 4.79 Å². The van der Waals surface area contributed by atoms with Crippen LogP contribution in [0.25, 0.3) is 0 Å². The van der Waals surface area contributed by atoms with Crippen molar-refractivity contribution in [3.05, 3.63) is 23.7 Å². The first-order valence-electron chi connectivity index (χ1n) is 4.97. The van der Waals surface area contributed by atoms with E-state index >= 15 is 0 Å². The summed E-state index contributed by atoms with van der Waals surface area (Å²) in [5.74, 6) is -3.93. The van der Waals surface area contributed by atoms with Crippen molar-refractivity contribution in [2.45, 2.75) is 25.6 Å². The molecule has 1 fully saturated rings. The second-order valence-electron chi connectivity index (χ2n) is 3.79. The Bertz CT molecular complexity index is 470. The van der Waals surface area contributed by atoms with Gasteiger partial charge in [0.15, 0.2) is 0 Å². The highest BCUT2D eigenvalue weighted by molar-refractivity contribution is 6.31. The van der Waals surface area contributed by atoms with Crippen molar-refractivity contribution >= 4 is 18.2 Å². The Balaban J connectivity index is 2.34. The molecule has 1 aromatic rings. The minimum atomic E-state index is -1.92. The Morgan fingerprint density at radius 3 is 2.24 bits per heavy atom. The maximum absolute atomic E-state index is 11.0. The number of esters is 2. The molecule has 0 spiro atoms. The fraction of sp³-hybridized carbons (Fsp3) is 0.364. The van der Waals surface area contributed by atoms with Crippen molar-refractivity contribution in [3.8, 4) is 0 Å². The number of aryl methyl sites for hydroxylation is 1. The van der Waals surface area contributed by atoms with Crippen molar-refractivity contribution in [3.63, 3.8) is 0 Å². The van der Waals surface area contributed by atoms with Crippen LogP contribution in [-0.4, -0.2) is 24.0 Å². The number of aldehydes is 1. The molecule has 1 saturated heterocycles. The van der Waals surface area contributed by atoms with Crippen molar-refractivity contribution < 1.29 is 28.3 Å². The van der Waals surface area contributed by atoms with E-state index in [0.29, 0.717) is 11.5 Å². The van der Waals surface area contributed by atoms with E-state index in [1.807, 2.05) is 0 Å². The predicted molar refractivity (Wildman–Crippen MR) is 52.8 cm³/mol. The lowest BCUT2D eigenvalue weighted by Gasteiger charge is -2.24. The lowest BCUT2D eigenvalue weighted by Crippen LogP contribution is -2.38. The number of ether oxygens (including phenoxy) is 2. The van der Waals surface area contributed by atoms with Crippen molar-refractivity contribution in [2.24, 2.45) is 0 Å². The van der Waals surface area contributed by atoms with E-state index in [9.17, 15) is 14.4 Å². The van der Waals surface area contributed by atoms with Gasteiger partial charge in [-0.25, -0.2) is 9.59 Å². The summed E-state index contributed by atoms with van der Waals surface area (Å²) in [6.45, 7) is 3.30. The molecule has 0 aliphatic carbocycles. The van der Waals surface area contributed by atoms with E-state index in [-0.39, 0.29) is 6.29 Å². The summed E-state index contributed by atoms with van der Waals surface area (Å²) in [4.78, 5) is 33.1. The Morgan fingerprint density at radius 2 is 1.82 bits per heavy atom. The Morgan fingerprint density at radius 1 is 1.24 bits per heavy atom. The van der Waals surface area contributed by atoms with Crippen LogP contribution in [-0.2, 0) is 23.9 Å². The second kappa shape index (κ2) is 3.73.